The van der Waals surface area contributed by atoms with Crippen LogP contribution in [0.5, 0.6) is 0 Å². The molecule has 3 heterocycles. The molecule has 3 aromatic carbocycles. The van der Waals surface area contributed by atoms with Crippen molar-refractivity contribution in [2.24, 2.45) is 0 Å². The molecule has 2 atom stereocenters. The molecule has 5 N–H and O–H groups in total. The predicted octanol–water partition coefficient (Wildman–Crippen LogP) is 4.14. The number of amides is 1. The lowest BCUT2D eigenvalue weighted by Crippen LogP contribution is -2.40. The summed E-state index contributed by atoms with van der Waals surface area (Å²) in [5.41, 5.74) is 9.41. The maximum Gasteiger partial charge on any atom is 0.315 e. The van der Waals surface area contributed by atoms with E-state index in [2.05, 4.69) is 20.3 Å². The third-order valence-electron chi connectivity index (χ3n) is 7.74. The number of nitrogens with two attached hydrogens (primary N) is 2. The van der Waals surface area contributed by atoms with Gasteiger partial charge in [-0.05, 0) is 48.4 Å². The smallest absolute Gasteiger partial charge is 0.315 e. The Morgan fingerprint density at radius 1 is 1.00 bits per heavy atom. The minimum Gasteiger partial charge on any atom is -0.382 e. The van der Waals surface area contributed by atoms with E-state index in [9.17, 15) is 32.4 Å². The summed E-state index contributed by atoms with van der Waals surface area (Å²) in [6.07, 6.45) is -3.63. The molecule has 1 fully saturated rings. The lowest BCUT2D eigenvalue weighted by atomic mass is 10.0. The molecule has 48 heavy (non-hydrogen) atoms. The quantitative estimate of drug-likeness (QED) is 0.226. The average molecular weight is 666 g/mol. The minimum absolute atomic E-state index is 0.152. The second-order valence-corrected chi connectivity index (χ2v) is 10.7. The van der Waals surface area contributed by atoms with E-state index in [4.69, 9.17) is 11.5 Å². The summed E-state index contributed by atoms with van der Waals surface area (Å²) in [5, 5.41) is 11.6. The second kappa shape index (κ2) is 12.2. The van der Waals surface area contributed by atoms with Crippen LogP contribution < -0.4 is 27.2 Å². The Hall–Kier alpha value is -6.18. The fourth-order valence-corrected chi connectivity index (χ4v) is 5.75. The van der Waals surface area contributed by atoms with Crippen molar-refractivity contribution in [3.05, 3.63) is 99.6 Å². The van der Waals surface area contributed by atoms with Crippen LogP contribution in [0.25, 0.3) is 27.7 Å². The summed E-state index contributed by atoms with van der Waals surface area (Å²) in [4.78, 5) is 39.9. The Labute approximate surface area is 266 Å². The van der Waals surface area contributed by atoms with Gasteiger partial charge in [-0.2, -0.15) is 24.0 Å². The lowest BCUT2D eigenvalue weighted by Gasteiger charge is -2.28. The molecule has 0 unspecified atom stereocenters. The Morgan fingerprint density at radius 3 is 2.46 bits per heavy atom. The SMILES string of the molecule is N#Cc1c(N)nc(N)nc1N1C[C@H](NC(=O)C(F)F)C[C@H]1c1nc2cccc(F)c2c(=O)n1-c1cc(F)cc(-c2cccc(F)c2F)c1. The lowest BCUT2D eigenvalue weighted by molar-refractivity contribution is -0.132. The van der Waals surface area contributed by atoms with E-state index in [-0.39, 0.29) is 64.3 Å². The number of carbonyl (C=O) groups excluding carboxylic acids is 1. The van der Waals surface area contributed by atoms with Gasteiger partial charge in [-0.1, -0.05) is 18.2 Å². The molecule has 1 aliphatic heterocycles. The number of hydrogen-bond acceptors (Lipinski definition) is 9. The molecule has 1 aliphatic rings. The highest BCUT2D eigenvalue weighted by molar-refractivity contribution is 5.80. The molecule has 6 rings (SSSR count). The Bertz CT molecular complexity index is 2220. The van der Waals surface area contributed by atoms with Gasteiger partial charge in [0.15, 0.2) is 17.5 Å². The van der Waals surface area contributed by atoms with Crippen molar-refractivity contribution in [1.82, 2.24) is 24.8 Å². The zero-order valence-electron chi connectivity index (χ0n) is 24.3. The van der Waals surface area contributed by atoms with E-state index in [1.54, 1.807) is 0 Å². The highest BCUT2D eigenvalue weighted by atomic mass is 19.3. The van der Waals surface area contributed by atoms with Crippen molar-refractivity contribution in [3.8, 4) is 22.9 Å². The second-order valence-electron chi connectivity index (χ2n) is 10.7. The molecular weight excluding hydrogens is 644 g/mol. The Balaban J connectivity index is 1.64. The van der Waals surface area contributed by atoms with Gasteiger partial charge < -0.3 is 21.7 Å². The maximum absolute atomic E-state index is 15.2. The molecule has 1 saturated heterocycles. The topological polar surface area (TPSA) is 169 Å². The van der Waals surface area contributed by atoms with E-state index >= 15 is 8.78 Å². The van der Waals surface area contributed by atoms with Gasteiger partial charge in [0.25, 0.3) is 11.5 Å². The van der Waals surface area contributed by atoms with Crippen molar-refractivity contribution in [2.45, 2.75) is 24.9 Å². The number of nitrogen functional groups attached to an aromatic ring is 2. The van der Waals surface area contributed by atoms with Crippen molar-refractivity contribution >= 4 is 34.4 Å². The number of carbonyl (C=O) groups is 1. The van der Waals surface area contributed by atoms with E-state index in [0.717, 1.165) is 34.9 Å². The number of fused-ring (bicyclic) bond motifs is 1. The first kappa shape index (κ1) is 31.8. The van der Waals surface area contributed by atoms with Crippen LogP contribution in [0.3, 0.4) is 0 Å². The zero-order valence-corrected chi connectivity index (χ0v) is 24.3. The number of nitriles is 1. The predicted molar refractivity (Wildman–Crippen MR) is 161 cm³/mol. The standard InChI is InChI=1S/C31H21F6N9O2/c32-14-7-13(17-3-1-5-20(34)24(17)35)8-16(9-14)46-28(42-21-6-2-4-19(33)23(21)30(46)48)22-10-15(41-29(47)25(36)37)12-45(22)27-18(11-38)26(39)43-31(40)44-27/h1-9,15,22,25H,10,12H2,(H,41,47)(H4,39,40,43,44)/t15-,22+/m1/s1. The summed E-state index contributed by atoms with van der Waals surface area (Å²) in [6.45, 7) is -0.298. The van der Waals surface area contributed by atoms with Gasteiger partial charge >= 0.3 is 6.43 Å². The molecule has 2 aromatic heterocycles. The molecule has 0 bridgehead atoms. The zero-order chi connectivity index (χ0) is 34.4. The summed E-state index contributed by atoms with van der Waals surface area (Å²) >= 11 is 0. The molecule has 5 aromatic rings. The molecule has 17 heteroatoms. The Morgan fingerprint density at radius 2 is 1.73 bits per heavy atom. The number of nitrogens with zero attached hydrogens (tertiary/aromatic N) is 6. The first-order chi connectivity index (χ1) is 22.9. The van der Waals surface area contributed by atoms with Crippen molar-refractivity contribution in [3.63, 3.8) is 0 Å². The molecule has 0 saturated carbocycles. The van der Waals surface area contributed by atoms with Crippen LogP contribution in [0.1, 0.15) is 23.9 Å². The number of anilines is 3. The van der Waals surface area contributed by atoms with E-state index in [1.165, 1.54) is 29.2 Å². The van der Waals surface area contributed by atoms with Crippen LogP contribution in [0.4, 0.5) is 43.9 Å². The third kappa shape index (κ3) is 5.57. The van der Waals surface area contributed by atoms with Crippen LogP contribution in [0.15, 0.2) is 59.4 Å². The molecule has 0 aliphatic carbocycles. The van der Waals surface area contributed by atoms with Gasteiger partial charge in [0.1, 0.15) is 40.3 Å². The number of alkyl halides is 2. The first-order valence-electron chi connectivity index (χ1n) is 14.0. The maximum atomic E-state index is 15.2. The molecule has 0 radical (unpaired) electrons. The van der Waals surface area contributed by atoms with Crippen molar-refractivity contribution in [2.75, 3.05) is 22.9 Å². The summed E-state index contributed by atoms with van der Waals surface area (Å²) in [5.74, 6) is -7.27. The Kier molecular flexibility index (Phi) is 8.08. The number of benzene rings is 3. The monoisotopic (exact) mass is 665 g/mol. The van der Waals surface area contributed by atoms with Crippen LogP contribution >= 0.6 is 0 Å². The van der Waals surface area contributed by atoms with Gasteiger partial charge in [0.05, 0.1) is 17.2 Å². The van der Waals surface area contributed by atoms with Crippen molar-refractivity contribution < 1.29 is 31.1 Å². The van der Waals surface area contributed by atoms with Crippen LogP contribution in [-0.4, -0.2) is 44.4 Å². The first-order valence-corrected chi connectivity index (χ1v) is 14.0. The van der Waals surface area contributed by atoms with E-state index in [1.807, 2.05) is 6.07 Å². The highest BCUT2D eigenvalue weighted by Crippen LogP contribution is 2.39. The van der Waals surface area contributed by atoms with Gasteiger partial charge in [-0.3, -0.25) is 14.2 Å². The van der Waals surface area contributed by atoms with Crippen molar-refractivity contribution in [1.29, 1.82) is 5.26 Å². The van der Waals surface area contributed by atoms with Gasteiger partial charge in [-0.25, -0.2) is 22.5 Å². The number of rotatable bonds is 6. The average Bonchev–Trinajstić information content (AvgIpc) is 3.44. The molecule has 11 nitrogen and oxygen atoms in total. The van der Waals surface area contributed by atoms with Gasteiger partial charge in [-0.15, -0.1) is 0 Å². The highest BCUT2D eigenvalue weighted by Gasteiger charge is 2.40. The summed E-state index contributed by atoms with van der Waals surface area (Å²) in [6, 6.07) is 9.29. The van der Waals surface area contributed by atoms with E-state index < -0.39 is 58.6 Å². The van der Waals surface area contributed by atoms with Gasteiger partial charge in [0.2, 0.25) is 5.95 Å². The summed E-state index contributed by atoms with van der Waals surface area (Å²) in [7, 11) is 0. The number of nitrogens with one attached hydrogen (secondary N) is 1. The number of hydrogen-bond donors (Lipinski definition) is 3. The fraction of sp³-hybridized carbons (Fsp3) is 0.161. The molecule has 244 valence electrons. The third-order valence-corrected chi connectivity index (χ3v) is 7.74. The van der Waals surface area contributed by atoms with Gasteiger partial charge in [0, 0.05) is 18.2 Å². The molecule has 1 amide bonds. The minimum atomic E-state index is -3.38. The molecular formula is C31H21F6N9O2. The summed E-state index contributed by atoms with van der Waals surface area (Å²) < 4.78 is 86.7. The molecule has 0 spiro atoms. The van der Waals surface area contributed by atoms with Crippen LogP contribution in [-0.2, 0) is 4.79 Å². The largest absolute Gasteiger partial charge is 0.382 e. The van der Waals surface area contributed by atoms with E-state index in [0.29, 0.717) is 0 Å². The van der Waals surface area contributed by atoms with Crippen LogP contribution in [0.2, 0.25) is 0 Å². The number of aromatic nitrogens is 4. The normalized spacial score (nSPS) is 16.0. The number of halogens is 6. The van der Waals surface area contributed by atoms with Crippen LogP contribution in [0, 0.1) is 34.6 Å². The fourth-order valence-electron chi connectivity index (χ4n) is 5.75.